The molecule has 0 N–H and O–H groups in total. The lowest BCUT2D eigenvalue weighted by Crippen LogP contribution is -2.27. The fourth-order valence-corrected chi connectivity index (χ4v) is 3.32. The van der Waals surface area contributed by atoms with Gasteiger partial charge in [-0.2, -0.15) is 0 Å². The molecule has 5 heteroatoms. The van der Waals surface area contributed by atoms with Crippen LogP contribution in [0.15, 0.2) is 16.5 Å². The molecule has 1 fully saturated rings. The molecule has 0 saturated carbocycles. The van der Waals surface area contributed by atoms with E-state index in [4.69, 9.17) is 4.74 Å². The van der Waals surface area contributed by atoms with Crippen LogP contribution in [0.4, 0.5) is 0 Å². The number of ether oxygens (including phenoxy) is 1. The van der Waals surface area contributed by atoms with E-state index in [0.29, 0.717) is 5.92 Å². The zero-order valence-corrected chi connectivity index (χ0v) is 11.2. The summed E-state index contributed by atoms with van der Waals surface area (Å²) in [6, 6.07) is 0. The molecule has 3 heterocycles. The summed E-state index contributed by atoms with van der Waals surface area (Å²) in [6.45, 7) is 4.36. The summed E-state index contributed by atoms with van der Waals surface area (Å²) < 4.78 is 7.11. The van der Waals surface area contributed by atoms with Crippen molar-refractivity contribution in [1.29, 1.82) is 0 Å². The van der Waals surface area contributed by atoms with Gasteiger partial charge in [-0.15, -0.1) is 11.3 Å². The van der Waals surface area contributed by atoms with E-state index < -0.39 is 0 Å². The molecule has 0 bridgehead atoms. The minimum absolute atomic E-state index is 0.102. The number of hydrogen-bond donors (Lipinski definition) is 0. The Kier molecular flexibility index (Phi) is 3.18. The standard InChI is InChI=1S/C13H16N2O2S/c1-9-7-18-12-11(9)13(16)15(8-14-12)6-10-2-4-17-5-3-10/h7-8,10H,2-6H2,1H3. The smallest absolute Gasteiger partial charge is 0.262 e. The Morgan fingerprint density at radius 1 is 1.50 bits per heavy atom. The SMILES string of the molecule is Cc1csc2ncn(CC3CCOCC3)c(=O)c12. The lowest BCUT2D eigenvalue weighted by molar-refractivity contribution is 0.0609. The summed E-state index contributed by atoms with van der Waals surface area (Å²) in [5.74, 6) is 0.537. The molecule has 2 aromatic heterocycles. The molecule has 0 unspecified atom stereocenters. The van der Waals surface area contributed by atoms with Gasteiger partial charge in [-0.05, 0) is 36.6 Å². The van der Waals surface area contributed by atoms with Gasteiger partial charge in [0, 0.05) is 19.8 Å². The van der Waals surface area contributed by atoms with Gasteiger partial charge in [-0.1, -0.05) is 0 Å². The Bertz CT molecular complexity index is 611. The van der Waals surface area contributed by atoms with Gasteiger partial charge in [0.2, 0.25) is 0 Å². The summed E-state index contributed by atoms with van der Waals surface area (Å²) >= 11 is 1.54. The second kappa shape index (κ2) is 4.82. The van der Waals surface area contributed by atoms with Gasteiger partial charge in [0.15, 0.2) is 0 Å². The molecule has 0 amide bonds. The zero-order chi connectivity index (χ0) is 12.5. The maximum Gasteiger partial charge on any atom is 0.262 e. The first-order chi connectivity index (χ1) is 8.75. The average molecular weight is 264 g/mol. The molecular weight excluding hydrogens is 248 g/mol. The minimum Gasteiger partial charge on any atom is -0.381 e. The number of fused-ring (bicyclic) bond motifs is 1. The van der Waals surface area contributed by atoms with Gasteiger partial charge < -0.3 is 4.74 Å². The van der Waals surface area contributed by atoms with Crippen LogP contribution < -0.4 is 5.56 Å². The van der Waals surface area contributed by atoms with Crippen LogP contribution in [0.2, 0.25) is 0 Å². The molecule has 1 aliphatic rings. The third kappa shape index (κ3) is 2.08. The third-order valence-electron chi connectivity index (χ3n) is 3.54. The number of hydrogen-bond acceptors (Lipinski definition) is 4. The fourth-order valence-electron chi connectivity index (χ4n) is 2.44. The molecule has 0 atom stereocenters. The first-order valence-electron chi connectivity index (χ1n) is 6.26. The maximum atomic E-state index is 12.4. The van der Waals surface area contributed by atoms with Crippen LogP contribution in [-0.4, -0.2) is 22.8 Å². The third-order valence-corrected chi connectivity index (χ3v) is 4.54. The highest BCUT2D eigenvalue weighted by Gasteiger charge is 2.16. The van der Waals surface area contributed by atoms with E-state index in [0.717, 1.165) is 48.4 Å². The van der Waals surface area contributed by atoms with Crippen molar-refractivity contribution >= 4 is 21.6 Å². The summed E-state index contributed by atoms with van der Waals surface area (Å²) in [6.07, 6.45) is 3.76. The predicted molar refractivity (Wildman–Crippen MR) is 72.2 cm³/mol. The summed E-state index contributed by atoms with van der Waals surface area (Å²) in [7, 11) is 0. The molecule has 0 aliphatic carbocycles. The normalized spacial score (nSPS) is 17.4. The van der Waals surface area contributed by atoms with Crippen LogP contribution in [0.1, 0.15) is 18.4 Å². The van der Waals surface area contributed by atoms with Crippen molar-refractivity contribution < 1.29 is 4.74 Å². The first kappa shape index (κ1) is 11.9. The van der Waals surface area contributed by atoms with Crippen molar-refractivity contribution in [2.75, 3.05) is 13.2 Å². The lowest BCUT2D eigenvalue weighted by atomic mass is 10.0. The molecular formula is C13H16N2O2S. The van der Waals surface area contributed by atoms with Crippen LogP contribution in [0.5, 0.6) is 0 Å². The zero-order valence-electron chi connectivity index (χ0n) is 10.4. The molecule has 2 aromatic rings. The molecule has 1 aliphatic heterocycles. The minimum atomic E-state index is 0.102. The van der Waals surface area contributed by atoms with Gasteiger partial charge in [0.1, 0.15) is 4.83 Å². The Morgan fingerprint density at radius 2 is 2.28 bits per heavy atom. The molecule has 18 heavy (non-hydrogen) atoms. The van der Waals surface area contributed by atoms with E-state index in [1.165, 1.54) is 11.3 Å². The van der Waals surface area contributed by atoms with Crippen molar-refractivity contribution in [3.05, 3.63) is 27.6 Å². The van der Waals surface area contributed by atoms with E-state index in [1.807, 2.05) is 12.3 Å². The molecule has 0 aromatic carbocycles. The highest BCUT2D eigenvalue weighted by molar-refractivity contribution is 7.16. The summed E-state index contributed by atoms with van der Waals surface area (Å²) in [5, 5.41) is 2.78. The number of aryl methyl sites for hydroxylation is 1. The van der Waals surface area contributed by atoms with E-state index in [2.05, 4.69) is 4.98 Å². The first-order valence-corrected chi connectivity index (χ1v) is 7.14. The van der Waals surface area contributed by atoms with Gasteiger partial charge in [0.25, 0.3) is 5.56 Å². The number of thiophene rings is 1. The molecule has 96 valence electrons. The highest BCUT2D eigenvalue weighted by atomic mass is 32.1. The molecule has 3 rings (SSSR count). The summed E-state index contributed by atoms with van der Waals surface area (Å²) in [4.78, 5) is 17.6. The van der Waals surface area contributed by atoms with Gasteiger partial charge >= 0.3 is 0 Å². The van der Waals surface area contributed by atoms with Crippen molar-refractivity contribution in [2.24, 2.45) is 5.92 Å². The van der Waals surface area contributed by atoms with E-state index in [9.17, 15) is 4.79 Å². The van der Waals surface area contributed by atoms with Crippen molar-refractivity contribution in [3.63, 3.8) is 0 Å². The Balaban J connectivity index is 1.94. The summed E-state index contributed by atoms with van der Waals surface area (Å²) in [5.41, 5.74) is 1.14. The molecule has 0 spiro atoms. The van der Waals surface area contributed by atoms with Crippen LogP contribution in [0.25, 0.3) is 10.2 Å². The Hall–Kier alpha value is -1.20. The quantitative estimate of drug-likeness (QED) is 0.835. The van der Waals surface area contributed by atoms with Crippen LogP contribution in [-0.2, 0) is 11.3 Å². The monoisotopic (exact) mass is 264 g/mol. The maximum absolute atomic E-state index is 12.4. The molecule has 0 radical (unpaired) electrons. The largest absolute Gasteiger partial charge is 0.381 e. The average Bonchev–Trinajstić information content (AvgIpc) is 2.77. The topological polar surface area (TPSA) is 44.1 Å². The fraction of sp³-hybridized carbons (Fsp3) is 0.538. The van der Waals surface area contributed by atoms with Crippen LogP contribution >= 0.6 is 11.3 Å². The van der Waals surface area contributed by atoms with E-state index in [-0.39, 0.29) is 5.56 Å². The lowest BCUT2D eigenvalue weighted by Gasteiger charge is -2.22. The van der Waals surface area contributed by atoms with Crippen LogP contribution in [0.3, 0.4) is 0 Å². The molecule has 1 saturated heterocycles. The van der Waals surface area contributed by atoms with E-state index >= 15 is 0 Å². The van der Waals surface area contributed by atoms with Crippen LogP contribution in [0, 0.1) is 12.8 Å². The van der Waals surface area contributed by atoms with Crippen molar-refractivity contribution in [3.8, 4) is 0 Å². The Labute approximate surface area is 109 Å². The van der Waals surface area contributed by atoms with Gasteiger partial charge in [-0.3, -0.25) is 9.36 Å². The number of nitrogens with zero attached hydrogens (tertiary/aromatic N) is 2. The van der Waals surface area contributed by atoms with Crippen molar-refractivity contribution in [1.82, 2.24) is 9.55 Å². The second-order valence-corrected chi connectivity index (χ2v) is 5.71. The predicted octanol–water partition coefficient (Wildman–Crippen LogP) is 2.19. The highest BCUT2D eigenvalue weighted by Crippen LogP contribution is 2.20. The van der Waals surface area contributed by atoms with Crippen molar-refractivity contribution in [2.45, 2.75) is 26.3 Å². The van der Waals surface area contributed by atoms with E-state index in [1.54, 1.807) is 10.9 Å². The van der Waals surface area contributed by atoms with Gasteiger partial charge in [0.05, 0.1) is 11.7 Å². The Morgan fingerprint density at radius 3 is 3.06 bits per heavy atom. The van der Waals surface area contributed by atoms with Gasteiger partial charge in [-0.25, -0.2) is 4.98 Å². The number of rotatable bonds is 2. The number of aromatic nitrogens is 2. The molecule has 4 nitrogen and oxygen atoms in total. The second-order valence-electron chi connectivity index (χ2n) is 4.86.